The van der Waals surface area contributed by atoms with Crippen molar-refractivity contribution in [1.82, 2.24) is 10.3 Å². The molecular formula is C26H21Cl2N3O3S. The van der Waals surface area contributed by atoms with E-state index in [9.17, 15) is 0 Å². The summed E-state index contributed by atoms with van der Waals surface area (Å²) in [6, 6.07) is 19.8. The molecule has 0 aliphatic carbocycles. The summed E-state index contributed by atoms with van der Waals surface area (Å²) < 4.78 is 17.5. The molecule has 0 bridgehead atoms. The zero-order valence-corrected chi connectivity index (χ0v) is 21.2. The zero-order chi connectivity index (χ0) is 24.5. The lowest BCUT2D eigenvalue weighted by molar-refractivity contribution is 0.400. The van der Waals surface area contributed by atoms with E-state index in [0.29, 0.717) is 38.2 Å². The van der Waals surface area contributed by atoms with Crippen molar-refractivity contribution in [1.29, 1.82) is 0 Å². The minimum Gasteiger partial charge on any atom is -0.497 e. The van der Waals surface area contributed by atoms with E-state index in [1.807, 2.05) is 59.5 Å². The van der Waals surface area contributed by atoms with Crippen LogP contribution < -0.4 is 19.7 Å². The topological polar surface area (TPSA) is 59.8 Å². The first-order valence-corrected chi connectivity index (χ1v) is 11.9. The van der Waals surface area contributed by atoms with Gasteiger partial charge >= 0.3 is 0 Å². The molecule has 2 atom stereocenters. The second-order valence-corrected chi connectivity index (χ2v) is 9.09. The van der Waals surface area contributed by atoms with Crippen molar-refractivity contribution in [2.24, 2.45) is 0 Å². The van der Waals surface area contributed by atoms with Crippen LogP contribution in [0.1, 0.15) is 23.5 Å². The quantitative estimate of drug-likeness (QED) is 0.276. The number of aromatic nitrogens is 1. The molecule has 3 heterocycles. The number of rotatable bonds is 6. The molecule has 1 aliphatic heterocycles. The van der Waals surface area contributed by atoms with Gasteiger partial charge in [-0.2, -0.15) is 0 Å². The predicted molar refractivity (Wildman–Crippen MR) is 142 cm³/mol. The van der Waals surface area contributed by atoms with Gasteiger partial charge in [0.15, 0.2) is 5.11 Å². The van der Waals surface area contributed by atoms with Gasteiger partial charge in [0.1, 0.15) is 29.1 Å². The summed E-state index contributed by atoms with van der Waals surface area (Å²) >= 11 is 18.3. The number of thiocarbonyl (C=S) groups is 1. The number of nitrogens with zero attached hydrogens (tertiary/aromatic N) is 2. The van der Waals surface area contributed by atoms with Crippen LogP contribution in [-0.2, 0) is 0 Å². The third-order valence-corrected chi connectivity index (χ3v) is 6.72. The molecule has 1 saturated heterocycles. The van der Waals surface area contributed by atoms with E-state index >= 15 is 0 Å². The van der Waals surface area contributed by atoms with Gasteiger partial charge in [-0.1, -0.05) is 29.3 Å². The lowest BCUT2D eigenvalue weighted by atomic mass is 10.0. The summed E-state index contributed by atoms with van der Waals surface area (Å²) in [6.45, 7) is 0. The van der Waals surface area contributed by atoms with Crippen LogP contribution in [0.4, 0.5) is 5.69 Å². The number of hydrogen-bond donors (Lipinski definition) is 1. The fourth-order valence-electron chi connectivity index (χ4n) is 4.23. The number of pyridine rings is 1. The highest BCUT2D eigenvalue weighted by molar-refractivity contribution is 7.80. The number of nitrogens with one attached hydrogen (secondary N) is 1. The van der Waals surface area contributed by atoms with Crippen LogP contribution in [0.3, 0.4) is 0 Å². The van der Waals surface area contributed by atoms with E-state index in [0.717, 1.165) is 16.9 Å². The molecule has 35 heavy (non-hydrogen) atoms. The molecule has 6 nitrogen and oxygen atoms in total. The normalized spacial score (nSPS) is 17.4. The second kappa shape index (κ2) is 9.77. The number of furan rings is 1. The summed E-state index contributed by atoms with van der Waals surface area (Å²) in [7, 11) is 3.24. The third-order valence-electron chi connectivity index (χ3n) is 5.86. The van der Waals surface area contributed by atoms with E-state index in [4.69, 9.17) is 49.3 Å². The lowest BCUT2D eigenvalue weighted by Crippen LogP contribution is -2.29. The van der Waals surface area contributed by atoms with Crippen LogP contribution in [0.5, 0.6) is 11.5 Å². The second-order valence-electron chi connectivity index (χ2n) is 7.86. The Morgan fingerprint density at radius 2 is 1.86 bits per heavy atom. The average molecular weight is 526 g/mol. The van der Waals surface area contributed by atoms with Crippen LogP contribution in [0.2, 0.25) is 10.0 Å². The monoisotopic (exact) mass is 525 g/mol. The maximum absolute atomic E-state index is 6.45. The number of benzene rings is 2. The first kappa shape index (κ1) is 23.5. The maximum atomic E-state index is 6.45. The van der Waals surface area contributed by atoms with Gasteiger partial charge in [-0.3, -0.25) is 4.98 Å². The summed E-state index contributed by atoms with van der Waals surface area (Å²) in [6.07, 6.45) is 1.76. The standard InChI is InChI=1S/C26H21Cl2N3O3S/c1-32-16-7-9-22(33-2)20(14-16)31-25(24(30-26(31)35)19-5-3-4-12-29-19)23-11-10-21(34-23)17-8-6-15(27)13-18(17)28/h3-14,24-25H,1-2H3,(H,30,35)/t24-,25+/m0/s1. The molecule has 0 amide bonds. The van der Waals surface area contributed by atoms with E-state index in [2.05, 4.69) is 10.3 Å². The summed E-state index contributed by atoms with van der Waals surface area (Å²) in [5.41, 5.74) is 2.32. The first-order valence-electron chi connectivity index (χ1n) is 10.8. The molecule has 9 heteroatoms. The molecule has 1 aliphatic rings. The Kier molecular flexibility index (Phi) is 6.56. The Hall–Kier alpha value is -3.26. The first-order chi connectivity index (χ1) is 17.0. The van der Waals surface area contributed by atoms with Gasteiger partial charge in [-0.15, -0.1) is 0 Å². The Balaban J connectivity index is 1.65. The molecular weight excluding hydrogens is 505 g/mol. The molecule has 1 N–H and O–H groups in total. The Morgan fingerprint density at radius 3 is 2.57 bits per heavy atom. The smallest absolute Gasteiger partial charge is 0.174 e. The molecule has 1 fully saturated rings. The number of anilines is 1. The van der Waals surface area contributed by atoms with Crippen LogP contribution in [0.25, 0.3) is 11.3 Å². The highest BCUT2D eigenvalue weighted by Crippen LogP contribution is 2.46. The molecule has 0 spiro atoms. The predicted octanol–water partition coefficient (Wildman–Crippen LogP) is 6.84. The van der Waals surface area contributed by atoms with Crippen molar-refractivity contribution in [2.45, 2.75) is 12.1 Å². The van der Waals surface area contributed by atoms with Gasteiger partial charge in [0.2, 0.25) is 0 Å². The van der Waals surface area contributed by atoms with Gasteiger partial charge in [-0.05, 0) is 66.8 Å². The van der Waals surface area contributed by atoms with Crippen molar-refractivity contribution >= 4 is 46.2 Å². The largest absolute Gasteiger partial charge is 0.497 e. The number of ether oxygens (including phenoxy) is 2. The summed E-state index contributed by atoms with van der Waals surface area (Å²) in [5.74, 6) is 2.63. The molecule has 2 aromatic heterocycles. The molecule has 5 rings (SSSR count). The van der Waals surface area contributed by atoms with Gasteiger partial charge in [-0.25, -0.2) is 0 Å². The molecule has 178 valence electrons. The highest BCUT2D eigenvalue weighted by atomic mass is 35.5. The van der Waals surface area contributed by atoms with Crippen LogP contribution in [0.15, 0.2) is 77.3 Å². The minimum absolute atomic E-state index is 0.278. The fraction of sp³-hybridized carbons (Fsp3) is 0.154. The van der Waals surface area contributed by atoms with Crippen molar-refractivity contribution in [3.05, 3.63) is 94.4 Å². The number of halogens is 2. The van der Waals surface area contributed by atoms with E-state index in [-0.39, 0.29) is 12.1 Å². The van der Waals surface area contributed by atoms with Crippen LogP contribution >= 0.6 is 35.4 Å². The number of methoxy groups -OCH3 is 2. The molecule has 2 aromatic carbocycles. The van der Waals surface area contributed by atoms with Crippen molar-refractivity contribution < 1.29 is 13.9 Å². The minimum atomic E-state index is -0.363. The van der Waals surface area contributed by atoms with Crippen molar-refractivity contribution in [3.8, 4) is 22.8 Å². The van der Waals surface area contributed by atoms with Crippen LogP contribution in [-0.4, -0.2) is 24.3 Å². The lowest BCUT2D eigenvalue weighted by Gasteiger charge is -2.27. The highest BCUT2D eigenvalue weighted by Gasteiger charge is 2.43. The average Bonchev–Trinajstić information content (AvgIpc) is 3.48. The third kappa shape index (κ3) is 4.43. The maximum Gasteiger partial charge on any atom is 0.174 e. The Bertz CT molecular complexity index is 1380. The van der Waals surface area contributed by atoms with E-state index < -0.39 is 0 Å². The summed E-state index contributed by atoms with van der Waals surface area (Å²) in [4.78, 5) is 6.56. The molecule has 4 aromatic rings. The van der Waals surface area contributed by atoms with Gasteiger partial charge in [0.05, 0.1) is 36.7 Å². The number of hydrogen-bond acceptors (Lipinski definition) is 5. The van der Waals surface area contributed by atoms with Crippen molar-refractivity contribution in [3.63, 3.8) is 0 Å². The van der Waals surface area contributed by atoms with E-state index in [1.165, 1.54) is 0 Å². The summed E-state index contributed by atoms with van der Waals surface area (Å²) in [5, 5.41) is 5.00. The van der Waals surface area contributed by atoms with Crippen molar-refractivity contribution in [2.75, 3.05) is 19.1 Å². The van der Waals surface area contributed by atoms with Gasteiger partial charge < -0.3 is 24.1 Å². The molecule has 0 radical (unpaired) electrons. The fourth-order valence-corrected chi connectivity index (χ4v) is 5.07. The van der Waals surface area contributed by atoms with E-state index in [1.54, 1.807) is 32.5 Å². The molecule has 0 unspecified atom stereocenters. The SMILES string of the molecule is COc1ccc(OC)c(N2C(=S)N[C@@H](c3ccccn3)[C@H]2c2ccc(-c3ccc(Cl)cc3Cl)o2)c1. The van der Waals surface area contributed by atoms with Gasteiger partial charge in [0.25, 0.3) is 0 Å². The zero-order valence-electron chi connectivity index (χ0n) is 18.9. The van der Waals surface area contributed by atoms with Crippen LogP contribution in [0, 0.1) is 0 Å². The molecule has 0 saturated carbocycles. The Labute approximate surface area is 218 Å². The Morgan fingerprint density at radius 1 is 1.00 bits per heavy atom. The van der Waals surface area contributed by atoms with Gasteiger partial charge in [0, 0.05) is 22.8 Å².